The summed E-state index contributed by atoms with van der Waals surface area (Å²) in [5.74, 6) is -1.97. The molecule has 28 heavy (non-hydrogen) atoms. The molecule has 0 N–H and O–H groups in total. The van der Waals surface area contributed by atoms with E-state index in [-0.39, 0.29) is 36.3 Å². The molecule has 5 atom stereocenters. The van der Waals surface area contributed by atoms with E-state index >= 15 is 0 Å². The third-order valence-corrected chi connectivity index (χ3v) is 7.02. The number of methoxy groups -OCH3 is 2. The fourth-order valence-electron chi connectivity index (χ4n) is 5.49. The summed E-state index contributed by atoms with van der Waals surface area (Å²) in [7, 11) is 2.66. The lowest BCUT2D eigenvalue weighted by Crippen LogP contribution is -2.56. The van der Waals surface area contributed by atoms with Crippen molar-refractivity contribution in [2.45, 2.75) is 59.8 Å². The maximum Gasteiger partial charge on any atom is 0.312 e. The Kier molecular flexibility index (Phi) is 6.51. The third-order valence-electron chi connectivity index (χ3n) is 7.02. The highest BCUT2D eigenvalue weighted by molar-refractivity contribution is 5.99. The average Bonchev–Trinajstić information content (AvgIpc) is 2.63. The minimum absolute atomic E-state index is 0.0252. The van der Waals surface area contributed by atoms with Gasteiger partial charge in [-0.1, -0.05) is 25.8 Å². The first-order valence-corrected chi connectivity index (χ1v) is 9.91. The van der Waals surface area contributed by atoms with Crippen molar-refractivity contribution >= 4 is 23.5 Å². The molecule has 2 aliphatic rings. The molecule has 0 amide bonds. The molecule has 0 heterocycles. The summed E-state index contributed by atoms with van der Waals surface area (Å²) >= 11 is 0. The van der Waals surface area contributed by atoms with Crippen molar-refractivity contribution < 1.29 is 28.7 Å². The van der Waals surface area contributed by atoms with Gasteiger partial charge in [0, 0.05) is 18.3 Å². The Morgan fingerprint density at radius 3 is 2.39 bits per heavy atom. The number of carbonyl (C=O) groups excluding carboxylic acids is 4. The zero-order chi connectivity index (χ0) is 21.3. The van der Waals surface area contributed by atoms with Crippen molar-refractivity contribution in [1.29, 1.82) is 0 Å². The average molecular weight is 392 g/mol. The summed E-state index contributed by atoms with van der Waals surface area (Å²) in [6, 6.07) is 0. The van der Waals surface area contributed by atoms with Crippen molar-refractivity contribution in [2.75, 3.05) is 14.2 Å². The van der Waals surface area contributed by atoms with E-state index in [4.69, 9.17) is 4.74 Å². The Bertz CT molecular complexity index is 708. The number of ether oxygens (including phenoxy) is 2. The first-order chi connectivity index (χ1) is 13.0. The molecule has 0 radical (unpaired) electrons. The Labute approximate surface area is 167 Å². The molecule has 2 rings (SSSR count). The van der Waals surface area contributed by atoms with Gasteiger partial charge in [0.05, 0.1) is 26.1 Å². The lowest BCUT2D eigenvalue weighted by molar-refractivity contribution is -0.170. The molecule has 6 heteroatoms. The van der Waals surface area contributed by atoms with Gasteiger partial charge in [0.2, 0.25) is 0 Å². The molecule has 0 aromatic heterocycles. The van der Waals surface area contributed by atoms with Crippen molar-refractivity contribution in [3.63, 3.8) is 0 Å². The van der Waals surface area contributed by atoms with Gasteiger partial charge >= 0.3 is 11.9 Å². The molecule has 1 saturated carbocycles. The molecule has 0 spiro atoms. The van der Waals surface area contributed by atoms with Crippen LogP contribution in [0.3, 0.4) is 0 Å². The largest absolute Gasteiger partial charge is 0.469 e. The standard InChI is InChI=1S/C22H32O6/c1-13-10-17(24)19-21(3,8-7-9-22(19,4)20(26)28-6)15(13)12-16(23)14(2)11-18(25)27-5/h10,14-15,19H,7-9,11-12H2,1-6H3/t14-,15-,19+,21+,22+/m1/s1. The SMILES string of the molecule is COC(=O)C[C@@H](C)C(=O)C[C@@H]1C(C)=CC(=O)[C@H]2[C@@]1(C)CCC[C@]2(C)C(=O)OC. The number of fused-ring (bicyclic) bond motifs is 1. The zero-order valence-corrected chi connectivity index (χ0v) is 17.8. The molecule has 2 aliphatic carbocycles. The zero-order valence-electron chi connectivity index (χ0n) is 17.8. The van der Waals surface area contributed by atoms with E-state index in [0.29, 0.717) is 6.42 Å². The van der Waals surface area contributed by atoms with Crippen molar-refractivity contribution in [1.82, 2.24) is 0 Å². The van der Waals surface area contributed by atoms with Crippen LogP contribution in [0.25, 0.3) is 0 Å². The Morgan fingerprint density at radius 2 is 1.82 bits per heavy atom. The van der Waals surface area contributed by atoms with E-state index in [2.05, 4.69) is 4.74 Å². The highest BCUT2D eigenvalue weighted by Crippen LogP contribution is 2.59. The highest BCUT2D eigenvalue weighted by atomic mass is 16.5. The summed E-state index contributed by atoms with van der Waals surface area (Å²) in [4.78, 5) is 50.0. The number of esters is 2. The number of hydrogen-bond acceptors (Lipinski definition) is 6. The van der Waals surface area contributed by atoms with Gasteiger partial charge in [-0.3, -0.25) is 19.2 Å². The van der Waals surface area contributed by atoms with E-state index in [1.807, 2.05) is 20.8 Å². The molecular formula is C22H32O6. The predicted octanol–water partition coefficient (Wildman–Crippen LogP) is 3.28. The third kappa shape index (κ3) is 3.78. The molecule has 0 aromatic rings. The molecule has 0 unspecified atom stereocenters. The molecular weight excluding hydrogens is 360 g/mol. The lowest BCUT2D eigenvalue weighted by atomic mass is 9.47. The predicted molar refractivity (Wildman–Crippen MR) is 103 cm³/mol. The molecule has 6 nitrogen and oxygen atoms in total. The van der Waals surface area contributed by atoms with Gasteiger partial charge < -0.3 is 9.47 Å². The lowest BCUT2D eigenvalue weighted by Gasteiger charge is -2.55. The smallest absolute Gasteiger partial charge is 0.312 e. The minimum Gasteiger partial charge on any atom is -0.469 e. The first kappa shape index (κ1) is 22.3. The Hall–Kier alpha value is -1.98. The van der Waals surface area contributed by atoms with E-state index in [1.165, 1.54) is 14.2 Å². The summed E-state index contributed by atoms with van der Waals surface area (Å²) < 4.78 is 9.71. The van der Waals surface area contributed by atoms with Crippen LogP contribution in [0.5, 0.6) is 0 Å². The second-order valence-electron chi connectivity index (χ2n) is 8.90. The van der Waals surface area contributed by atoms with Gasteiger partial charge in [0.25, 0.3) is 0 Å². The maximum absolute atomic E-state index is 13.0. The number of carbonyl (C=O) groups is 4. The van der Waals surface area contributed by atoms with Crippen LogP contribution < -0.4 is 0 Å². The number of allylic oxidation sites excluding steroid dienone is 2. The van der Waals surface area contributed by atoms with E-state index in [1.54, 1.807) is 13.0 Å². The molecule has 0 bridgehead atoms. The maximum atomic E-state index is 13.0. The molecule has 0 aliphatic heterocycles. The summed E-state index contributed by atoms with van der Waals surface area (Å²) in [5, 5.41) is 0. The minimum atomic E-state index is -0.894. The normalized spacial score (nSPS) is 33.4. The molecule has 1 fully saturated rings. The number of hydrogen-bond donors (Lipinski definition) is 0. The fourth-order valence-corrected chi connectivity index (χ4v) is 5.49. The highest BCUT2D eigenvalue weighted by Gasteiger charge is 2.60. The van der Waals surface area contributed by atoms with Crippen molar-refractivity contribution in [3.05, 3.63) is 11.6 Å². The van der Waals surface area contributed by atoms with Gasteiger partial charge in [-0.05, 0) is 44.1 Å². The second kappa shape index (κ2) is 8.18. The van der Waals surface area contributed by atoms with Crippen LogP contribution in [-0.2, 0) is 28.7 Å². The van der Waals surface area contributed by atoms with Crippen molar-refractivity contribution in [2.24, 2.45) is 28.6 Å². The molecule has 156 valence electrons. The number of Topliss-reactive ketones (excluding diaryl/α,β-unsaturated/α-hetero) is 1. The van der Waals surface area contributed by atoms with Gasteiger partial charge in [-0.25, -0.2) is 0 Å². The van der Waals surface area contributed by atoms with Crippen LogP contribution in [-0.4, -0.2) is 37.7 Å². The van der Waals surface area contributed by atoms with Crippen LogP contribution in [0, 0.1) is 28.6 Å². The Morgan fingerprint density at radius 1 is 1.18 bits per heavy atom. The van der Waals surface area contributed by atoms with Crippen LogP contribution in [0.15, 0.2) is 11.6 Å². The Balaban J connectivity index is 2.36. The monoisotopic (exact) mass is 392 g/mol. The van der Waals surface area contributed by atoms with Gasteiger partial charge in [-0.2, -0.15) is 0 Å². The summed E-state index contributed by atoms with van der Waals surface area (Å²) in [6.45, 7) is 7.44. The summed E-state index contributed by atoms with van der Waals surface area (Å²) in [5.41, 5.74) is -0.524. The van der Waals surface area contributed by atoms with E-state index < -0.39 is 28.6 Å². The second-order valence-corrected chi connectivity index (χ2v) is 8.90. The van der Waals surface area contributed by atoms with Crippen LogP contribution in [0.2, 0.25) is 0 Å². The van der Waals surface area contributed by atoms with E-state index in [0.717, 1.165) is 18.4 Å². The van der Waals surface area contributed by atoms with Crippen molar-refractivity contribution in [3.8, 4) is 0 Å². The molecule has 0 aromatic carbocycles. The number of rotatable bonds is 6. The van der Waals surface area contributed by atoms with Gasteiger partial charge in [-0.15, -0.1) is 0 Å². The van der Waals surface area contributed by atoms with Crippen LogP contribution in [0.1, 0.15) is 59.8 Å². The quantitative estimate of drug-likeness (QED) is 0.645. The fraction of sp³-hybridized carbons (Fsp3) is 0.727. The van der Waals surface area contributed by atoms with E-state index in [9.17, 15) is 19.2 Å². The van der Waals surface area contributed by atoms with Gasteiger partial charge in [0.1, 0.15) is 5.78 Å². The number of ketones is 2. The molecule has 0 saturated heterocycles. The van der Waals surface area contributed by atoms with Crippen LogP contribution >= 0.6 is 0 Å². The van der Waals surface area contributed by atoms with Crippen LogP contribution in [0.4, 0.5) is 0 Å². The first-order valence-electron chi connectivity index (χ1n) is 9.91. The topological polar surface area (TPSA) is 86.7 Å². The van der Waals surface area contributed by atoms with Gasteiger partial charge in [0.15, 0.2) is 5.78 Å². The summed E-state index contributed by atoms with van der Waals surface area (Å²) in [6.07, 6.45) is 4.05.